The Labute approximate surface area is 59.9 Å². The largest absolute Gasteiger partial charge is 0.223 e. The Bertz CT molecular complexity index is 134. The lowest BCUT2D eigenvalue weighted by Crippen LogP contribution is -2.32. The van der Waals surface area contributed by atoms with Gasteiger partial charge in [0.05, 0.1) is 13.1 Å². The van der Waals surface area contributed by atoms with E-state index in [1.54, 1.807) is 5.37 Å². The highest BCUT2D eigenvalue weighted by atomic mass is 32.1. The summed E-state index contributed by atoms with van der Waals surface area (Å²) >= 11 is 4.67. The van der Waals surface area contributed by atoms with Gasteiger partial charge < -0.3 is 0 Å². The fraction of sp³-hybridized carbons (Fsp3) is 0.600. The van der Waals surface area contributed by atoms with E-state index in [0.29, 0.717) is 0 Å². The third kappa shape index (κ3) is 1.46. The molecule has 9 heavy (non-hydrogen) atoms. The lowest BCUT2D eigenvalue weighted by atomic mass is 10.7. The van der Waals surface area contributed by atoms with Gasteiger partial charge in [0, 0.05) is 18.6 Å². The van der Waals surface area contributed by atoms with Crippen LogP contribution in [0.1, 0.15) is 0 Å². The Morgan fingerprint density at radius 3 is 3.11 bits per heavy atom. The zero-order valence-electron chi connectivity index (χ0n) is 5.32. The summed E-state index contributed by atoms with van der Waals surface area (Å²) < 4.78 is 0. The summed E-state index contributed by atoms with van der Waals surface area (Å²) in [7, 11) is 1.98. The molecule has 4 heteroatoms. The molecule has 0 saturated heterocycles. The molecule has 0 aromatic carbocycles. The topological polar surface area (TPSA) is 18.8 Å². The fourth-order valence-electron chi connectivity index (χ4n) is 0.685. The number of hydrogen-bond acceptors (Lipinski definition) is 4. The van der Waals surface area contributed by atoms with Crippen LogP contribution in [0.5, 0.6) is 0 Å². The third-order valence-corrected chi connectivity index (χ3v) is 1.34. The van der Waals surface area contributed by atoms with Crippen molar-refractivity contribution in [2.24, 2.45) is 5.10 Å². The van der Waals surface area contributed by atoms with Crippen molar-refractivity contribution < 1.29 is 0 Å². The molecule has 0 radical (unpaired) electrons. The molecule has 0 aromatic heterocycles. The maximum absolute atomic E-state index is 4.67. The van der Waals surface area contributed by atoms with Crippen molar-refractivity contribution in [2.45, 2.75) is 0 Å². The molecular weight excluding hydrogens is 134 g/mol. The summed E-state index contributed by atoms with van der Waals surface area (Å²) in [6.07, 6.45) is 1.86. The van der Waals surface area contributed by atoms with E-state index in [1.165, 1.54) is 0 Å². The fourth-order valence-corrected chi connectivity index (χ4v) is 0.818. The standard InChI is InChI=1S/C5H9N3S/c1-7-3-2-6-8(7)4-5-9/h2,5H,3-4H2,1H3. The van der Waals surface area contributed by atoms with E-state index < -0.39 is 0 Å². The lowest BCUT2D eigenvalue weighted by Gasteiger charge is -2.20. The minimum Gasteiger partial charge on any atom is -0.223 e. The lowest BCUT2D eigenvalue weighted by molar-refractivity contribution is 0.0567. The Hall–Kier alpha value is -0.480. The zero-order valence-corrected chi connectivity index (χ0v) is 6.14. The molecule has 0 unspecified atom stereocenters. The van der Waals surface area contributed by atoms with Gasteiger partial charge in [0.2, 0.25) is 0 Å². The van der Waals surface area contributed by atoms with E-state index in [9.17, 15) is 0 Å². The smallest absolute Gasteiger partial charge is 0.0818 e. The van der Waals surface area contributed by atoms with Gasteiger partial charge in [-0.2, -0.15) is 5.10 Å². The van der Waals surface area contributed by atoms with Crippen molar-refractivity contribution in [1.29, 1.82) is 0 Å². The van der Waals surface area contributed by atoms with Crippen LogP contribution in [0.4, 0.5) is 0 Å². The number of hydrazone groups is 1. The van der Waals surface area contributed by atoms with Crippen LogP contribution in [0.3, 0.4) is 0 Å². The van der Waals surface area contributed by atoms with Crippen LogP contribution in [0.15, 0.2) is 5.10 Å². The summed E-state index contributed by atoms with van der Waals surface area (Å²) in [6.45, 7) is 1.62. The van der Waals surface area contributed by atoms with Crippen LogP contribution in [0.2, 0.25) is 0 Å². The number of nitrogens with zero attached hydrogens (tertiary/aromatic N) is 3. The second-order valence-electron chi connectivity index (χ2n) is 1.86. The van der Waals surface area contributed by atoms with E-state index in [0.717, 1.165) is 13.1 Å². The summed E-state index contributed by atoms with van der Waals surface area (Å²) in [6, 6.07) is 0. The Morgan fingerprint density at radius 2 is 2.67 bits per heavy atom. The highest BCUT2D eigenvalue weighted by Gasteiger charge is 2.09. The maximum atomic E-state index is 4.67. The van der Waals surface area contributed by atoms with E-state index in [4.69, 9.17) is 0 Å². The first-order valence-corrected chi connectivity index (χ1v) is 3.26. The molecule has 1 rings (SSSR count). The molecule has 0 spiro atoms. The van der Waals surface area contributed by atoms with Crippen molar-refractivity contribution in [2.75, 3.05) is 20.1 Å². The van der Waals surface area contributed by atoms with Crippen molar-refractivity contribution in [1.82, 2.24) is 10.1 Å². The zero-order chi connectivity index (χ0) is 6.69. The Kier molecular flexibility index (Phi) is 2.13. The molecule has 3 nitrogen and oxygen atoms in total. The van der Waals surface area contributed by atoms with Gasteiger partial charge in [0.25, 0.3) is 0 Å². The minimum atomic E-state index is 0.725. The second kappa shape index (κ2) is 2.89. The van der Waals surface area contributed by atoms with E-state index in [-0.39, 0.29) is 0 Å². The predicted molar refractivity (Wildman–Crippen MR) is 41.5 cm³/mol. The van der Waals surface area contributed by atoms with Crippen LogP contribution in [-0.4, -0.2) is 41.8 Å². The van der Waals surface area contributed by atoms with Crippen molar-refractivity contribution in [3.8, 4) is 0 Å². The second-order valence-corrected chi connectivity index (χ2v) is 2.19. The molecule has 0 bridgehead atoms. The quantitative estimate of drug-likeness (QED) is 0.512. The molecule has 0 aromatic rings. The highest BCUT2D eigenvalue weighted by molar-refractivity contribution is 7.79. The third-order valence-electron chi connectivity index (χ3n) is 1.19. The molecule has 1 aliphatic heterocycles. The van der Waals surface area contributed by atoms with Crippen LogP contribution in [0, 0.1) is 0 Å². The van der Waals surface area contributed by atoms with Gasteiger partial charge in [-0.05, 0) is 0 Å². The van der Waals surface area contributed by atoms with Gasteiger partial charge in [-0.1, -0.05) is 12.2 Å². The van der Waals surface area contributed by atoms with Crippen LogP contribution in [-0.2, 0) is 0 Å². The van der Waals surface area contributed by atoms with E-state index in [2.05, 4.69) is 17.3 Å². The molecule has 0 N–H and O–H groups in total. The monoisotopic (exact) mass is 143 g/mol. The molecular formula is C5H9N3S. The molecule has 1 heterocycles. The molecule has 0 saturated carbocycles. The molecule has 50 valence electrons. The van der Waals surface area contributed by atoms with Gasteiger partial charge in [-0.3, -0.25) is 0 Å². The van der Waals surface area contributed by atoms with E-state index >= 15 is 0 Å². The van der Waals surface area contributed by atoms with Gasteiger partial charge in [0.15, 0.2) is 0 Å². The number of hydrazine groups is 1. The summed E-state index contributed by atoms with van der Waals surface area (Å²) in [5.74, 6) is 0. The molecule has 0 aliphatic carbocycles. The molecule has 1 aliphatic rings. The number of hydrogen-bond donors (Lipinski definition) is 0. The highest BCUT2D eigenvalue weighted by Crippen LogP contribution is 1.98. The number of rotatable bonds is 2. The van der Waals surface area contributed by atoms with Crippen molar-refractivity contribution in [3.05, 3.63) is 0 Å². The van der Waals surface area contributed by atoms with Crippen LogP contribution >= 0.6 is 12.2 Å². The van der Waals surface area contributed by atoms with Gasteiger partial charge in [0.1, 0.15) is 0 Å². The summed E-state index contributed by atoms with van der Waals surface area (Å²) in [5.41, 5.74) is 0. The minimum absolute atomic E-state index is 0.725. The first-order chi connectivity index (χ1) is 4.34. The average Bonchev–Trinajstić information content (AvgIpc) is 2.18. The van der Waals surface area contributed by atoms with Crippen LogP contribution < -0.4 is 0 Å². The molecule has 0 amide bonds. The normalized spacial score (nSPS) is 19.0. The van der Waals surface area contributed by atoms with Gasteiger partial charge in [-0.15, -0.1) is 0 Å². The van der Waals surface area contributed by atoms with Gasteiger partial charge >= 0.3 is 0 Å². The van der Waals surface area contributed by atoms with E-state index in [1.807, 2.05) is 23.4 Å². The Morgan fingerprint density at radius 1 is 1.89 bits per heavy atom. The maximum Gasteiger partial charge on any atom is 0.0818 e. The predicted octanol–water partition coefficient (Wildman–Crippen LogP) is 0.134. The first kappa shape index (κ1) is 6.64. The van der Waals surface area contributed by atoms with Crippen molar-refractivity contribution >= 4 is 23.8 Å². The molecule has 0 atom stereocenters. The van der Waals surface area contributed by atoms with Crippen LogP contribution in [0.25, 0.3) is 0 Å². The average molecular weight is 143 g/mol. The number of thiocarbonyl (C=S) groups is 1. The van der Waals surface area contributed by atoms with Gasteiger partial charge in [-0.25, -0.2) is 10.1 Å². The first-order valence-electron chi connectivity index (χ1n) is 2.79. The van der Waals surface area contributed by atoms with Crippen molar-refractivity contribution in [3.63, 3.8) is 0 Å². The molecule has 0 fully saturated rings. The SMILES string of the molecule is CN1CC=NN1CC=S. The summed E-state index contributed by atoms with van der Waals surface area (Å²) in [5, 5.41) is 9.54. The summed E-state index contributed by atoms with van der Waals surface area (Å²) in [4.78, 5) is 0. The Balaban J connectivity index is 2.39.